The summed E-state index contributed by atoms with van der Waals surface area (Å²) in [6, 6.07) is 18.3. The molecule has 0 saturated carbocycles. The van der Waals surface area contributed by atoms with E-state index < -0.39 is 0 Å². The van der Waals surface area contributed by atoms with Gasteiger partial charge in [-0.2, -0.15) is 0 Å². The smallest absolute Gasteiger partial charge is 0.277 e. The lowest BCUT2D eigenvalue weighted by Gasteiger charge is -2.27. The number of unbranched alkanes of at least 4 members (excludes halogenated alkanes) is 2. The minimum absolute atomic E-state index is 0.142. The molecule has 0 saturated heterocycles. The van der Waals surface area contributed by atoms with Gasteiger partial charge in [-0.25, -0.2) is 0 Å². The molecule has 0 unspecified atom stereocenters. The van der Waals surface area contributed by atoms with E-state index in [1.807, 2.05) is 31.2 Å². The number of aromatic nitrogens is 2. The molecule has 39 heavy (non-hydrogen) atoms. The average Bonchev–Trinajstić information content (AvgIpc) is 3.41. The molecule has 0 radical (unpaired) electrons. The Morgan fingerprint density at radius 2 is 1.67 bits per heavy atom. The molecule has 1 aliphatic rings. The second-order valence-electron chi connectivity index (χ2n) is 9.04. The van der Waals surface area contributed by atoms with Crippen molar-refractivity contribution >= 4 is 45.9 Å². The van der Waals surface area contributed by atoms with Gasteiger partial charge in [0.1, 0.15) is 5.75 Å². The van der Waals surface area contributed by atoms with Crippen LogP contribution in [0.4, 0.5) is 5.69 Å². The normalized spacial score (nSPS) is 12.7. The van der Waals surface area contributed by atoms with E-state index in [-0.39, 0.29) is 23.5 Å². The Morgan fingerprint density at radius 3 is 2.36 bits per heavy atom. The van der Waals surface area contributed by atoms with Crippen molar-refractivity contribution in [2.75, 3.05) is 24.2 Å². The summed E-state index contributed by atoms with van der Waals surface area (Å²) in [5.74, 6) is 0.729. The highest BCUT2D eigenvalue weighted by Gasteiger charge is 2.32. The number of imide groups is 1. The minimum Gasteiger partial charge on any atom is -0.494 e. The molecular weight excluding hydrogens is 516 g/mol. The first-order chi connectivity index (χ1) is 19.0. The molecule has 1 aliphatic heterocycles. The van der Waals surface area contributed by atoms with E-state index in [0.717, 1.165) is 29.4 Å². The number of rotatable bonds is 12. The van der Waals surface area contributed by atoms with Crippen molar-refractivity contribution in [3.05, 3.63) is 77.7 Å². The second kappa shape index (κ2) is 12.1. The molecule has 0 bridgehead atoms. The van der Waals surface area contributed by atoms with Gasteiger partial charge < -0.3 is 14.5 Å². The zero-order valence-corrected chi connectivity index (χ0v) is 22.3. The summed E-state index contributed by atoms with van der Waals surface area (Å²) in [4.78, 5) is 39.6. The van der Waals surface area contributed by atoms with Crippen LogP contribution in [0.15, 0.2) is 70.3 Å². The van der Waals surface area contributed by atoms with Crippen LogP contribution in [0.1, 0.15) is 52.8 Å². The minimum atomic E-state index is -0.241. The Morgan fingerprint density at radius 1 is 0.949 bits per heavy atom. The summed E-state index contributed by atoms with van der Waals surface area (Å²) >= 11 is 1.18. The first-order valence-corrected chi connectivity index (χ1v) is 13.9. The molecule has 200 valence electrons. The van der Waals surface area contributed by atoms with Crippen molar-refractivity contribution in [3.63, 3.8) is 0 Å². The molecule has 10 heteroatoms. The number of amides is 3. The molecule has 5 rings (SSSR count). The summed E-state index contributed by atoms with van der Waals surface area (Å²) < 4.78 is 11.1. The fourth-order valence-corrected chi connectivity index (χ4v) is 5.11. The number of nitrogens with zero attached hydrogens (tertiary/aromatic N) is 3. The van der Waals surface area contributed by atoms with Gasteiger partial charge in [-0.3, -0.25) is 19.3 Å². The molecule has 9 nitrogen and oxygen atoms in total. The summed E-state index contributed by atoms with van der Waals surface area (Å²) in [5, 5.41) is 12.9. The van der Waals surface area contributed by atoms with Crippen molar-refractivity contribution in [1.82, 2.24) is 15.1 Å². The fraction of sp³-hybridized carbons (Fsp3) is 0.276. The largest absolute Gasteiger partial charge is 0.494 e. The number of ether oxygens (including phenoxy) is 1. The molecule has 0 aliphatic carbocycles. The highest BCUT2D eigenvalue weighted by Crippen LogP contribution is 2.30. The van der Waals surface area contributed by atoms with Gasteiger partial charge >= 0.3 is 0 Å². The van der Waals surface area contributed by atoms with Gasteiger partial charge in [-0.1, -0.05) is 42.4 Å². The van der Waals surface area contributed by atoms with Crippen LogP contribution in [-0.2, 0) is 11.2 Å². The van der Waals surface area contributed by atoms with E-state index in [1.54, 1.807) is 36.4 Å². The quantitative estimate of drug-likeness (QED) is 0.144. The molecule has 4 aromatic rings. The molecule has 2 heterocycles. The van der Waals surface area contributed by atoms with E-state index in [2.05, 4.69) is 15.5 Å². The van der Waals surface area contributed by atoms with Gasteiger partial charge in [0.2, 0.25) is 11.8 Å². The number of thioether (sulfide) groups is 1. The number of carbonyl (C=O) groups is 3. The van der Waals surface area contributed by atoms with Crippen LogP contribution in [0.5, 0.6) is 5.75 Å². The van der Waals surface area contributed by atoms with Crippen LogP contribution in [0.2, 0.25) is 0 Å². The van der Waals surface area contributed by atoms with Gasteiger partial charge in [0.05, 0.1) is 12.4 Å². The van der Waals surface area contributed by atoms with Crippen LogP contribution in [0.25, 0.3) is 10.8 Å². The van der Waals surface area contributed by atoms with Gasteiger partial charge in [-0.05, 0) is 61.5 Å². The first-order valence-electron chi connectivity index (χ1n) is 12.9. The zero-order valence-electron chi connectivity index (χ0n) is 21.5. The van der Waals surface area contributed by atoms with E-state index in [9.17, 15) is 14.4 Å². The van der Waals surface area contributed by atoms with Crippen molar-refractivity contribution in [2.45, 2.75) is 37.8 Å². The standard InChI is InChI=1S/C29H28N4O5S/c1-2-37-21-15-13-20(14-16-21)30-24(34)18-39-29-32-31-25(38-29)12-4-3-5-17-33-27(35)22-10-6-8-19-9-7-11-23(26(19)22)28(33)36/h6-11,13-16H,2-5,12,17-18H2,1H3,(H,30,34). The van der Waals surface area contributed by atoms with Gasteiger partial charge in [0.25, 0.3) is 17.0 Å². The molecule has 0 fully saturated rings. The Labute approximate surface area is 229 Å². The molecule has 3 amide bonds. The lowest BCUT2D eigenvalue weighted by atomic mass is 9.94. The van der Waals surface area contributed by atoms with Crippen molar-refractivity contribution in [1.29, 1.82) is 0 Å². The molecule has 1 aromatic heterocycles. The predicted molar refractivity (Wildman–Crippen MR) is 148 cm³/mol. The summed E-state index contributed by atoms with van der Waals surface area (Å²) in [5.41, 5.74) is 1.84. The van der Waals surface area contributed by atoms with Crippen LogP contribution < -0.4 is 10.1 Å². The maximum absolute atomic E-state index is 13.0. The Kier molecular flexibility index (Phi) is 8.21. The summed E-state index contributed by atoms with van der Waals surface area (Å²) in [6.45, 7) is 2.86. The van der Waals surface area contributed by atoms with Gasteiger partial charge in [-0.15, -0.1) is 10.2 Å². The molecule has 3 aromatic carbocycles. The third kappa shape index (κ3) is 6.12. The van der Waals surface area contributed by atoms with E-state index >= 15 is 0 Å². The molecule has 0 atom stereocenters. The monoisotopic (exact) mass is 544 g/mol. The molecule has 1 N–H and O–H groups in total. The fourth-order valence-electron chi connectivity index (χ4n) is 4.53. The number of anilines is 1. The number of hydrogen-bond acceptors (Lipinski definition) is 8. The SMILES string of the molecule is CCOc1ccc(NC(=O)CSc2nnc(CCCCCN3C(=O)c4cccc5cccc(c45)C3=O)o2)cc1. The van der Waals surface area contributed by atoms with Crippen LogP contribution in [0, 0.1) is 0 Å². The third-order valence-electron chi connectivity index (χ3n) is 6.35. The van der Waals surface area contributed by atoms with Gasteiger partial charge in [0.15, 0.2) is 0 Å². The lowest BCUT2D eigenvalue weighted by molar-refractivity contribution is -0.113. The Balaban J connectivity index is 1.04. The molecule has 0 spiro atoms. The second-order valence-corrected chi connectivity index (χ2v) is 9.96. The third-order valence-corrected chi connectivity index (χ3v) is 7.17. The van der Waals surface area contributed by atoms with E-state index in [4.69, 9.17) is 9.15 Å². The number of carbonyl (C=O) groups excluding carboxylic acids is 3. The number of hydrogen-bond donors (Lipinski definition) is 1. The average molecular weight is 545 g/mol. The predicted octanol–water partition coefficient (Wildman–Crippen LogP) is 5.36. The van der Waals surface area contributed by atoms with E-state index in [0.29, 0.717) is 53.9 Å². The highest BCUT2D eigenvalue weighted by atomic mass is 32.2. The van der Waals surface area contributed by atoms with E-state index in [1.165, 1.54) is 16.7 Å². The van der Waals surface area contributed by atoms with Gasteiger partial charge in [0, 0.05) is 35.2 Å². The topological polar surface area (TPSA) is 115 Å². The van der Waals surface area contributed by atoms with Crippen molar-refractivity contribution in [3.8, 4) is 5.75 Å². The Hall–Kier alpha value is -4.18. The van der Waals surface area contributed by atoms with Crippen LogP contribution in [-0.4, -0.2) is 51.7 Å². The first kappa shape index (κ1) is 26.4. The summed E-state index contributed by atoms with van der Waals surface area (Å²) in [6.07, 6.45) is 2.82. The number of benzene rings is 3. The number of aryl methyl sites for hydroxylation is 1. The van der Waals surface area contributed by atoms with Crippen molar-refractivity contribution in [2.24, 2.45) is 0 Å². The maximum Gasteiger partial charge on any atom is 0.277 e. The highest BCUT2D eigenvalue weighted by molar-refractivity contribution is 7.99. The van der Waals surface area contributed by atoms with Crippen LogP contribution in [0.3, 0.4) is 0 Å². The number of nitrogens with one attached hydrogen (secondary N) is 1. The van der Waals surface area contributed by atoms with Crippen molar-refractivity contribution < 1.29 is 23.5 Å². The Bertz CT molecular complexity index is 1450. The summed E-state index contributed by atoms with van der Waals surface area (Å²) in [7, 11) is 0. The zero-order chi connectivity index (χ0) is 27.2. The molecular formula is C29H28N4O5S. The maximum atomic E-state index is 13.0. The lowest BCUT2D eigenvalue weighted by Crippen LogP contribution is -2.40. The van der Waals surface area contributed by atoms with Crippen LogP contribution >= 0.6 is 11.8 Å².